The predicted octanol–water partition coefficient (Wildman–Crippen LogP) is 2.29. The van der Waals surface area contributed by atoms with Gasteiger partial charge in [-0.2, -0.15) is 0 Å². The molecule has 0 radical (unpaired) electrons. The van der Waals surface area contributed by atoms with Crippen LogP contribution >= 0.6 is 11.6 Å². The van der Waals surface area contributed by atoms with Crippen LogP contribution in [0.4, 0.5) is 5.69 Å². The Labute approximate surface area is 138 Å². The van der Waals surface area contributed by atoms with E-state index in [-0.39, 0.29) is 29.4 Å². The van der Waals surface area contributed by atoms with Gasteiger partial charge in [-0.05, 0) is 23.8 Å². The highest BCUT2D eigenvalue weighted by atomic mass is 35.5. The smallest absolute Gasteiger partial charge is 0.230 e. The summed E-state index contributed by atoms with van der Waals surface area (Å²) in [6.45, 7) is 0. The van der Waals surface area contributed by atoms with E-state index >= 15 is 0 Å². The monoisotopic (exact) mass is 330 g/mol. The molecule has 0 bridgehead atoms. The number of nitrogens with one attached hydrogen (secondary N) is 1. The third-order valence-electron chi connectivity index (χ3n) is 3.97. The number of rotatable bonds is 3. The highest BCUT2D eigenvalue weighted by Crippen LogP contribution is 2.37. The lowest BCUT2D eigenvalue weighted by molar-refractivity contribution is -0.127. The van der Waals surface area contributed by atoms with E-state index in [2.05, 4.69) is 15.3 Å². The van der Waals surface area contributed by atoms with Crippen molar-refractivity contribution in [3.8, 4) is 0 Å². The second kappa shape index (κ2) is 6.34. The third-order valence-corrected chi connectivity index (χ3v) is 4.27. The zero-order valence-electron chi connectivity index (χ0n) is 12.4. The number of carbonyl (C=O) groups is 2. The van der Waals surface area contributed by atoms with Crippen LogP contribution in [0.3, 0.4) is 0 Å². The van der Waals surface area contributed by atoms with Crippen molar-refractivity contribution in [2.45, 2.75) is 12.5 Å². The number of anilines is 1. The molecule has 3 rings (SSSR count). The SMILES string of the molecule is CN1C(=O)C[C@@H](C(=O)Nc2cccnc2Cl)[C@@H]1c1cccnc1. The molecule has 0 aromatic carbocycles. The molecule has 0 aliphatic carbocycles. The van der Waals surface area contributed by atoms with Crippen molar-refractivity contribution in [1.82, 2.24) is 14.9 Å². The van der Waals surface area contributed by atoms with Crippen LogP contribution in [0.2, 0.25) is 5.15 Å². The fourth-order valence-electron chi connectivity index (χ4n) is 2.82. The number of likely N-dealkylation sites (tertiary alicyclic amines) is 1. The van der Waals surface area contributed by atoms with Gasteiger partial charge in [0.15, 0.2) is 5.15 Å². The molecule has 0 saturated carbocycles. The second-order valence-corrected chi connectivity index (χ2v) is 5.74. The first kappa shape index (κ1) is 15.4. The largest absolute Gasteiger partial charge is 0.338 e. The zero-order chi connectivity index (χ0) is 16.4. The van der Waals surface area contributed by atoms with Gasteiger partial charge >= 0.3 is 0 Å². The topological polar surface area (TPSA) is 75.2 Å². The van der Waals surface area contributed by atoms with Crippen LogP contribution in [0.15, 0.2) is 42.9 Å². The highest BCUT2D eigenvalue weighted by molar-refractivity contribution is 6.32. The summed E-state index contributed by atoms with van der Waals surface area (Å²) in [5.74, 6) is -0.837. The molecule has 7 heteroatoms. The number of amides is 2. The van der Waals surface area contributed by atoms with Gasteiger partial charge in [-0.1, -0.05) is 17.7 Å². The molecule has 1 fully saturated rings. The lowest BCUT2D eigenvalue weighted by Gasteiger charge is -2.24. The van der Waals surface area contributed by atoms with Crippen molar-refractivity contribution in [3.63, 3.8) is 0 Å². The minimum atomic E-state index is -0.507. The van der Waals surface area contributed by atoms with E-state index in [1.807, 2.05) is 6.07 Å². The van der Waals surface area contributed by atoms with E-state index in [9.17, 15) is 9.59 Å². The van der Waals surface area contributed by atoms with Gasteiger partial charge in [0.05, 0.1) is 17.6 Å². The number of halogens is 1. The Morgan fingerprint density at radius 1 is 1.35 bits per heavy atom. The number of carbonyl (C=O) groups excluding carboxylic acids is 2. The molecule has 2 aromatic rings. The molecule has 6 nitrogen and oxygen atoms in total. The molecule has 1 saturated heterocycles. The van der Waals surface area contributed by atoms with Gasteiger partial charge in [0.25, 0.3) is 0 Å². The van der Waals surface area contributed by atoms with Gasteiger partial charge in [0.1, 0.15) is 0 Å². The standard InChI is InChI=1S/C16H15ClN4O2/c1-21-13(22)8-11(14(21)10-4-2-6-18-9-10)16(23)20-12-5-3-7-19-15(12)17/h2-7,9,11,14H,8H2,1H3,(H,20,23)/t11-,14+/m1/s1. The average molecular weight is 331 g/mol. The first-order valence-corrected chi connectivity index (χ1v) is 7.52. The van der Waals surface area contributed by atoms with Crippen molar-refractivity contribution < 1.29 is 9.59 Å². The fourth-order valence-corrected chi connectivity index (χ4v) is 2.98. The molecular formula is C16H15ClN4O2. The van der Waals surface area contributed by atoms with Crippen LogP contribution in [0.1, 0.15) is 18.0 Å². The van der Waals surface area contributed by atoms with Crippen LogP contribution in [0.5, 0.6) is 0 Å². The Kier molecular flexibility index (Phi) is 4.25. The molecular weight excluding hydrogens is 316 g/mol. The summed E-state index contributed by atoms with van der Waals surface area (Å²) in [6, 6.07) is 6.67. The van der Waals surface area contributed by atoms with E-state index in [4.69, 9.17) is 11.6 Å². The maximum Gasteiger partial charge on any atom is 0.230 e. The lowest BCUT2D eigenvalue weighted by atomic mass is 9.94. The lowest BCUT2D eigenvalue weighted by Crippen LogP contribution is -2.30. The van der Waals surface area contributed by atoms with Gasteiger partial charge in [-0.15, -0.1) is 0 Å². The minimum Gasteiger partial charge on any atom is -0.338 e. The van der Waals surface area contributed by atoms with E-state index in [1.54, 1.807) is 48.7 Å². The van der Waals surface area contributed by atoms with E-state index in [1.165, 1.54) is 0 Å². The number of hydrogen-bond donors (Lipinski definition) is 1. The molecule has 1 aliphatic heterocycles. The van der Waals surface area contributed by atoms with Crippen LogP contribution < -0.4 is 5.32 Å². The number of pyridine rings is 2. The molecule has 118 valence electrons. The van der Waals surface area contributed by atoms with Gasteiger partial charge < -0.3 is 10.2 Å². The van der Waals surface area contributed by atoms with Crippen molar-refractivity contribution >= 4 is 29.1 Å². The van der Waals surface area contributed by atoms with Gasteiger partial charge in [-0.3, -0.25) is 14.6 Å². The number of hydrogen-bond acceptors (Lipinski definition) is 4. The van der Waals surface area contributed by atoms with Crippen LogP contribution in [-0.2, 0) is 9.59 Å². The summed E-state index contributed by atoms with van der Waals surface area (Å²) in [7, 11) is 1.70. The van der Waals surface area contributed by atoms with Crippen molar-refractivity contribution in [3.05, 3.63) is 53.6 Å². The van der Waals surface area contributed by atoms with E-state index in [0.717, 1.165) is 5.56 Å². The third kappa shape index (κ3) is 3.03. The van der Waals surface area contributed by atoms with Crippen molar-refractivity contribution in [1.29, 1.82) is 0 Å². The zero-order valence-corrected chi connectivity index (χ0v) is 13.2. The first-order valence-electron chi connectivity index (χ1n) is 7.15. The van der Waals surface area contributed by atoms with Gasteiger partial charge in [0, 0.05) is 32.1 Å². The summed E-state index contributed by atoms with van der Waals surface area (Å²) < 4.78 is 0. The summed E-state index contributed by atoms with van der Waals surface area (Å²) in [4.78, 5) is 34.3. The predicted molar refractivity (Wildman–Crippen MR) is 85.7 cm³/mol. The van der Waals surface area contributed by atoms with Gasteiger partial charge in [0.2, 0.25) is 11.8 Å². The Hall–Kier alpha value is -2.47. The van der Waals surface area contributed by atoms with Crippen molar-refractivity contribution in [2.75, 3.05) is 12.4 Å². The maximum atomic E-state index is 12.6. The van der Waals surface area contributed by atoms with E-state index in [0.29, 0.717) is 5.69 Å². The van der Waals surface area contributed by atoms with Crippen LogP contribution in [0, 0.1) is 5.92 Å². The molecule has 0 spiro atoms. The average Bonchev–Trinajstić information content (AvgIpc) is 2.86. The van der Waals surface area contributed by atoms with Crippen LogP contribution in [-0.4, -0.2) is 33.7 Å². The Morgan fingerprint density at radius 2 is 2.13 bits per heavy atom. The molecule has 2 atom stereocenters. The molecule has 23 heavy (non-hydrogen) atoms. The Balaban J connectivity index is 1.86. The molecule has 1 aliphatic rings. The molecule has 2 aromatic heterocycles. The molecule has 3 heterocycles. The van der Waals surface area contributed by atoms with Gasteiger partial charge in [-0.25, -0.2) is 4.98 Å². The van der Waals surface area contributed by atoms with Crippen LogP contribution in [0.25, 0.3) is 0 Å². The maximum absolute atomic E-state index is 12.6. The van der Waals surface area contributed by atoms with E-state index < -0.39 is 5.92 Å². The molecule has 1 N–H and O–H groups in total. The number of aromatic nitrogens is 2. The second-order valence-electron chi connectivity index (χ2n) is 5.38. The Morgan fingerprint density at radius 3 is 2.83 bits per heavy atom. The summed E-state index contributed by atoms with van der Waals surface area (Å²) in [6.07, 6.45) is 5.03. The molecule has 2 amide bonds. The Bertz CT molecular complexity index is 738. The fraction of sp³-hybridized carbons (Fsp3) is 0.250. The minimum absolute atomic E-state index is 0.0729. The summed E-state index contributed by atoms with van der Waals surface area (Å²) in [5, 5.41) is 2.98. The number of nitrogens with zero attached hydrogens (tertiary/aromatic N) is 3. The quantitative estimate of drug-likeness (QED) is 0.876. The first-order chi connectivity index (χ1) is 11.1. The normalized spacial score (nSPS) is 20.6. The molecule has 0 unspecified atom stereocenters. The van der Waals surface area contributed by atoms with Crippen molar-refractivity contribution in [2.24, 2.45) is 5.92 Å². The highest BCUT2D eigenvalue weighted by Gasteiger charge is 2.42. The summed E-state index contributed by atoms with van der Waals surface area (Å²) >= 11 is 5.97. The summed E-state index contributed by atoms with van der Waals surface area (Å²) in [5.41, 5.74) is 1.27.